The van der Waals surface area contributed by atoms with E-state index in [1.807, 2.05) is 6.07 Å². The summed E-state index contributed by atoms with van der Waals surface area (Å²) in [7, 11) is 2.14. The second kappa shape index (κ2) is 9.78. The highest BCUT2D eigenvalue weighted by atomic mass is 16.5. The highest BCUT2D eigenvalue weighted by Gasteiger charge is 2.04. The second-order valence-electron chi connectivity index (χ2n) is 5.78. The molecule has 0 aromatic heterocycles. The lowest BCUT2D eigenvalue weighted by Crippen LogP contribution is -2.25. The monoisotopic (exact) mass is 278 g/mol. The first kappa shape index (κ1) is 17.0. The molecule has 0 heterocycles. The van der Waals surface area contributed by atoms with Gasteiger partial charge in [-0.3, -0.25) is 0 Å². The smallest absolute Gasteiger partial charge is 0.123 e. The fourth-order valence-electron chi connectivity index (χ4n) is 2.09. The summed E-state index contributed by atoms with van der Waals surface area (Å²) < 4.78 is 5.93. The molecule has 20 heavy (non-hydrogen) atoms. The molecule has 1 N–H and O–H groups in total. The molecule has 114 valence electrons. The topological polar surface area (TPSA) is 24.5 Å². The predicted octanol–water partition coefficient (Wildman–Crippen LogP) is 3.15. The van der Waals surface area contributed by atoms with Crippen LogP contribution >= 0.6 is 0 Å². The minimum atomic E-state index is 0.672. The first-order valence-electron chi connectivity index (χ1n) is 7.73. The van der Waals surface area contributed by atoms with Crippen LogP contribution in [0.2, 0.25) is 0 Å². The summed E-state index contributed by atoms with van der Waals surface area (Å²) >= 11 is 0. The fraction of sp³-hybridized carbons (Fsp3) is 0.647. The number of hydrogen-bond acceptors (Lipinski definition) is 3. The predicted molar refractivity (Wildman–Crippen MR) is 86.3 cm³/mol. The van der Waals surface area contributed by atoms with Gasteiger partial charge in [0.1, 0.15) is 12.4 Å². The Morgan fingerprint density at radius 3 is 2.65 bits per heavy atom. The largest absolute Gasteiger partial charge is 0.492 e. The van der Waals surface area contributed by atoms with Crippen LogP contribution < -0.4 is 10.1 Å². The van der Waals surface area contributed by atoms with Crippen molar-refractivity contribution < 1.29 is 4.74 Å². The van der Waals surface area contributed by atoms with E-state index in [9.17, 15) is 0 Å². The Labute approximate surface area is 124 Å². The number of nitrogens with zero attached hydrogens (tertiary/aromatic N) is 1. The summed E-state index contributed by atoms with van der Waals surface area (Å²) in [5.74, 6) is 1.68. The van der Waals surface area contributed by atoms with E-state index in [-0.39, 0.29) is 0 Å². The van der Waals surface area contributed by atoms with Gasteiger partial charge in [0.15, 0.2) is 0 Å². The number of likely N-dealkylation sites (N-methyl/N-ethyl adjacent to an activating group) is 1. The molecular formula is C17H30N2O. The van der Waals surface area contributed by atoms with Crippen LogP contribution in [0.4, 0.5) is 0 Å². The normalized spacial score (nSPS) is 11.3. The molecule has 0 unspecified atom stereocenters. The SMILES string of the molecule is CCCN(C)CCOc1ccccc1CNCC(C)C. The van der Waals surface area contributed by atoms with E-state index >= 15 is 0 Å². The van der Waals surface area contributed by atoms with Gasteiger partial charge in [-0.15, -0.1) is 0 Å². The van der Waals surface area contributed by atoms with Crippen molar-refractivity contribution in [1.29, 1.82) is 0 Å². The molecule has 0 aliphatic heterocycles. The highest BCUT2D eigenvalue weighted by molar-refractivity contribution is 5.33. The van der Waals surface area contributed by atoms with Gasteiger partial charge in [0.25, 0.3) is 0 Å². The van der Waals surface area contributed by atoms with Crippen LogP contribution in [0.25, 0.3) is 0 Å². The van der Waals surface area contributed by atoms with Crippen molar-refractivity contribution in [2.24, 2.45) is 5.92 Å². The van der Waals surface area contributed by atoms with Gasteiger partial charge in [0.05, 0.1) is 0 Å². The molecule has 0 fully saturated rings. The van der Waals surface area contributed by atoms with Crippen LogP contribution in [-0.4, -0.2) is 38.2 Å². The quantitative estimate of drug-likeness (QED) is 0.711. The zero-order valence-corrected chi connectivity index (χ0v) is 13.5. The number of hydrogen-bond donors (Lipinski definition) is 1. The Balaban J connectivity index is 2.40. The van der Waals surface area contributed by atoms with Crippen LogP contribution in [0, 0.1) is 5.92 Å². The van der Waals surface area contributed by atoms with Crippen LogP contribution in [0.5, 0.6) is 5.75 Å². The molecule has 0 bridgehead atoms. The number of nitrogens with one attached hydrogen (secondary N) is 1. The average molecular weight is 278 g/mol. The maximum Gasteiger partial charge on any atom is 0.123 e. The minimum Gasteiger partial charge on any atom is -0.492 e. The lowest BCUT2D eigenvalue weighted by atomic mass is 10.2. The van der Waals surface area contributed by atoms with Crippen molar-refractivity contribution in [3.63, 3.8) is 0 Å². The minimum absolute atomic E-state index is 0.672. The van der Waals surface area contributed by atoms with Crippen LogP contribution in [-0.2, 0) is 6.54 Å². The molecule has 0 atom stereocenters. The molecule has 1 rings (SSSR count). The van der Waals surface area contributed by atoms with Crippen LogP contribution in [0.15, 0.2) is 24.3 Å². The first-order valence-corrected chi connectivity index (χ1v) is 7.73. The van der Waals surface area contributed by atoms with Crippen LogP contribution in [0.3, 0.4) is 0 Å². The van der Waals surface area contributed by atoms with E-state index in [0.29, 0.717) is 5.92 Å². The summed E-state index contributed by atoms with van der Waals surface area (Å²) in [4.78, 5) is 2.31. The van der Waals surface area contributed by atoms with E-state index in [1.165, 1.54) is 12.0 Å². The third-order valence-corrected chi connectivity index (χ3v) is 3.18. The zero-order valence-electron chi connectivity index (χ0n) is 13.5. The van der Waals surface area contributed by atoms with E-state index in [1.54, 1.807) is 0 Å². The molecule has 1 aromatic carbocycles. The molecule has 0 aliphatic rings. The molecule has 0 saturated heterocycles. The molecule has 3 nitrogen and oxygen atoms in total. The Kier molecular flexibility index (Phi) is 8.31. The van der Waals surface area contributed by atoms with Crippen molar-refractivity contribution in [3.8, 4) is 5.75 Å². The van der Waals surface area contributed by atoms with Gasteiger partial charge in [-0.05, 0) is 38.5 Å². The Bertz CT molecular complexity index is 366. The summed E-state index contributed by atoms with van der Waals surface area (Å²) in [6.07, 6.45) is 1.19. The van der Waals surface area contributed by atoms with Crippen molar-refractivity contribution in [3.05, 3.63) is 29.8 Å². The van der Waals surface area contributed by atoms with Gasteiger partial charge in [-0.1, -0.05) is 39.0 Å². The summed E-state index contributed by atoms with van der Waals surface area (Å²) in [6.45, 7) is 11.4. The van der Waals surface area contributed by atoms with E-state index < -0.39 is 0 Å². The lowest BCUT2D eigenvalue weighted by Gasteiger charge is -2.17. The number of rotatable bonds is 10. The van der Waals surface area contributed by atoms with Crippen molar-refractivity contribution in [2.75, 3.05) is 33.3 Å². The van der Waals surface area contributed by atoms with Crippen molar-refractivity contribution in [2.45, 2.75) is 33.7 Å². The molecule has 3 heteroatoms. The maximum atomic E-state index is 5.93. The number of para-hydroxylation sites is 1. The fourth-order valence-corrected chi connectivity index (χ4v) is 2.09. The van der Waals surface area contributed by atoms with E-state index in [0.717, 1.165) is 38.5 Å². The first-order chi connectivity index (χ1) is 9.63. The average Bonchev–Trinajstić information content (AvgIpc) is 2.40. The summed E-state index contributed by atoms with van der Waals surface area (Å²) in [5, 5.41) is 3.47. The summed E-state index contributed by atoms with van der Waals surface area (Å²) in [5.41, 5.74) is 1.24. The molecule has 0 amide bonds. The number of benzene rings is 1. The van der Waals surface area contributed by atoms with Crippen molar-refractivity contribution in [1.82, 2.24) is 10.2 Å². The molecular weight excluding hydrogens is 248 g/mol. The molecule has 0 saturated carbocycles. The lowest BCUT2D eigenvalue weighted by molar-refractivity contribution is 0.236. The highest BCUT2D eigenvalue weighted by Crippen LogP contribution is 2.17. The number of ether oxygens (including phenoxy) is 1. The third-order valence-electron chi connectivity index (χ3n) is 3.18. The van der Waals surface area contributed by atoms with Gasteiger partial charge in [0, 0.05) is 18.7 Å². The van der Waals surface area contributed by atoms with Gasteiger partial charge < -0.3 is 15.0 Å². The van der Waals surface area contributed by atoms with Crippen LogP contribution in [0.1, 0.15) is 32.8 Å². The summed E-state index contributed by atoms with van der Waals surface area (Å²) in [6, 6.07) is 8.31. The second-order valence-corrected chi connectivity index (χ2v) is 5.78. The van der Waals surface area contributed by atoms with Gasteiger partial charge in [0.2, 0.25) is 0 Å². The molecule has 1 aromatic rings. The molecule has 0 aliphatic carbocycles. The van der Waals surface area contributed by atoms with E-state index in [4.69, 9.17) is 4.74 Å². The Hall–Kier alpha value is -1.06. The molecule has 0 radical (unpaired) electrons. The zero-order chi connectivity index (χ0) is 14.8. The standard InChI is InChI=1S/C17H30N2O/c1-5-10-19(4)11-12-20-17-9-7-6-8-16(17)14-18-13-15(2)3/h6-9,15,18H,5,10-14H2,1-4H3. The van der Waals surface area contributed by atoms with Gasteiger partial charge in [-0.25, -0.2) is 0 Å². The Morgan fingerprint density at radius 2 is 1.95 bits per heavy atom. The van der Waals surface area contributed by atoms with E-state index in [2.05, 4.69) is 56.2 Å². The molecule has 0 spiro atoms. The van der Waals surface area contributed by atoms with Gasteiger partial charge >= 0.3 is 0 Å². The van der Waals surface area contributed by atoms with Crippen molar-refractivity contribution >= 4 is 0 Å². The third kappa shape index (κ3) is 6.92. The maximum absolute atomic E-state index is 5.93. The van der Waals surface area contributed by atoms with Gasteiger partial charge in [-0.2, -0.15) is 0 Å². The Morgan fingerprint density at radius 1 is 1.20 bits per heavy atom.